The lowest BCUT2D eigenvalue weighted by molar-refractivity contribution is 0.787. The highest BCUT2D eigenvalue weighted by Crippen LogP contribution is 2.30. The van der Waals surface area contributed by atoms with E-state index < -0.39 is 0 Å². The first-order valence-electron chi connectivity index (χ1n) is 8.89. The van der Waals surface area contributed by atoms with Crippen molar-refractivity contribution in [2.45, 2.75) is 20.0 Å². The van der Waals surface area contributed by atoms with Crippen LogP contribution in [0.3, 0.4) is 0 Å². The fourth-order valence-electron chi connectivity index (χ4n) is 3.22. The average molecular weight is 359 g/mol. The maximum Gasteiger partial charge on any atom is 0.222 e. The topological polar surface area (TPSA) is 94.5 Å². The van der Waals surface area contributed by atoms with Gasteiger partial charge in [0.15, 0.2) is 5.65 Å². The van der Waals surface area contributed by atoms with Gasteiger partial charge in [0, 0.05) is 36.6 Å². The number of pyridine rings is 1. The molecule has 0 bridgehead atoms. The summed E-state index contributed by atoms with van der Waals surface area (Å²) in [7, 11) is 1.93. The lowest BCUT2D eigenvalue weighted by Gasteiger charge is -2.07. The van der Waals surface area contributed by atoms with E-state index in [9.17, 15) is 0 Å². The summed E-state index contributed by atoms with van der Waals surface area (Å²) >= 11 is 0. The summed E-state index contributed by atoms with van der Waals surface area (Å²) < 4.78 is 2.06. The summed E-state index contributed by atoms with van der Waals surface area (Å²) in [6, 6.07) is 12.1. The Morgan fingerprint density at radius 3 is 2.37 bits per heavy atom. The second-order valence-electron chi connectivity index (χ2n) is 6.25. The zero-order chi connectivity index (χ0) is 18.8. The molecule has 0 aliphatic rings. The Bertz CT molecular complexity index is 1070. The molecule has 3 N–H and O–H groups in total. The van der Waals surface area contributed by atoms with Gasteiger partial charge in [0.05, 0.1) is 0 Å². The third-order valence-electron chi connectivity index (χ3n) is 4.47. The van der Waals surface area contributed by atoms with Gasteiger partial charge in [-0.2, -0.15) is 4.98 Å². The van der Waals surface area contributed by atoms with Gasteiger partial charge in [-0.1, -0.05) is 24.3 Å². The Labute approximate surface area is 157 Å². The molecule has 0 saturated heterocycles. The molecule has 0 unspecified atom stereocenters. The average Bonchev–Trinajstić information content (AvgIpc) is 3.07. The molecule has 136 valence electrons. The molecule has 3 aromatic heterocycles. The summed E-state index contributed by atoms with van der Waals surface area (Å²) in [6.07, 6.45) is 3.52. The minimum Gasteiger partial charge on any atom is -0.368 e. The molecule has 0 radical (unpaired) electrons. The number of hydrogen-bond donors (Lipinski definition) is 2. The van der Waals surface area contributed by atoms with Gasteiger partial charge in [-0.3, -0.25) is 4.98 Å². The molecule has 0 aliphatic carbocycles. The molecule has 0 aliphatic heterocycles. The summed E-state index contributed by atoms with van der Waals surface area (Å²) in [5, 5.41) is 3.15. The molecule has 7 nitrogen and oxygen atoms in total. The number of rotatable bonds is 5. The van der Waals surface area contributed by atoms with Crippen LogP contribution in [-0.2, 0) is 13.1 Å². The maximum absolute atomic E-state index is 6.03. The number of fused-ring (bicyclic) bond motifs is 1. The number of benzene rings is 1. The first kappa shape index (κ1) is 17.1. The van der Waals surface area contributed by atoms with E-state index in [1.807, 2.05) is 31.3 Å². The number of imidazole rings is 1. The van der Waals surface area contributed by atoms with E-state index in [4.69, 9.17) is 10.7 Å². The SMILES string of the molecule is CCn1c(-c2ccncc2)nc2c(-c3ccc(CNC)cc3)nc(N)nc21. The van der Waals surface area contributed by atoms with E-state index >= 15 is 0 Å². The van der Waals surface area contributed by atoms with Gasteiger partial charge < -0.3 is 15.6 Å². The molecule has 0 fully saturated rings. The third-order valence-corrected chi connectivity index (χ3v) is 4.47. The summed E-state index contributed by atoms with van der Waals surface area (Å²) in [4.78, 5) is 17.9. The lowest BCUT2D eigenvalue weighted by Crippen LogP contribution is -2.05. The number of hydrogen-bond acceptors (Lipinski definition) is 6. The van der Waals surface area contributed by atoms with Crippen molar-refractivity contribution in [2.75, 3.05) is 12.8 Å². The molecule has 3 heterocycles. The largest absolute Gasteiger partial charge is 0.368 e. The van der Waals surface area contributed by atoms with E-state index in [0.29, 0.717) is 0 Å². The second-order valence-corrected chi connectivity index (χ2v) is 6.25. The van der Waals surface area contributed by atoms with Gasteiger partial charge in [-0.25, -0.2) is 9.97 Å². The molecular weight excluding hydrogens is 338 g/mol. The van der Waals surface area contributed by atoms with Gasteiger partial charge in [0.1, 0.15) is 17.0 Å². The van der Waals surface area contributed by atoms with Crippen molar-refractivity contribution in [3.05, 3.63) is 54.4 Å². The van der Waals surface area contributed by atoms with Crippen LogP contribution in [-0.4, -0.2) is 31.6 Å². The highest BCUT2D eigenvalue weighted by Gasteiger charge is 2.18. The van der Waals surface area contributed by atoms with Gasteiger partial charge in [-0.15, -0.1) is 0 Å². The molecule has 0 saturated carbocycles. The Hall–Kier alpha value is -3.32. The van der Waals surface area contributed by atoms with Crippen molar-refractivity contribution in [3.63, 3.8) is 0 Å². The van der Waals surface area contributed by atoms with Crippen molar-refractivity contribution in [1.29, 1.82) is 0 Å². The molecule has 0 spiro atoms. The van der Waals surface area contributed by atoms with Crippen molar-refractivity contribution in [2.24, 2.45) is 0 Å². The van der Waals surface area contributed by atoms with Crippen LogP contribution >= 0.6 is 0 Å². The zero-order valence-corrected chi connectivity index (χ0v) is 15.3. The number of aryl methyl sites for hydroxylation is 1. The van der Waals surface area contributed by atoms with Crippen molar-refractivity contribution >= 4 is 17.1 Å². The van der Waals surface area contributed by atoms with Gasteiger partial charge in [-0.05, 0) is 31.7 Å². The summed E-state index contributed by atoms with van der Waals surface area (Å²) in [5.74, 6) is 1.08. The second kappa shape index (κ2) is 7.13. The minimum atomic E-state index is 0.243. The Morgan fingerprint density at radius 2 is 1.70 bits per heavy atom. The van der Waals surface area contributed by atoms with Gasteiger partial charge in [0.2, 0.25) is 5.95 Å². The molecule has 0 amide bonds. The highest BCUT2D eigenvalue weighted by atomic mass is 15.2. The third kappa shape index (κ3) is 3.13. The Kier molecular flexibility index (Phi) is 4.52. The van der Waals surface area contributed by atoms with Crippen LogP contribution in [0.5, 0.6) is 0 Å². The number of aromatic nitrogens is 5. The summed E-state index contributed by atoms with van der Waals surface area (Å²) in [5.41, 5.74) is 11.4. The van der Waals surface area contributed by atoms with E-state index in [-0.39, 0.29) is 5.95 Å². The molecule has 0 atom stereocenters. The maximum atomic E-state index is 6.03. The predicted octanol–water partition coefficient (Wildman–Crippen LogP) is 2.88. The number of nitrogens with zero attached hydrogens (tertiary/aromatic N) is 5. The number of anilines is 1. The van der Waals surface area contributed by atoms with E-state index in [1.54, 1.807) is 12.4 Å². The van der Waals surface area contributed by atoms with Crippen LogP contribution in [0.15, 0.2) is 48.8 Å². The first-order valence-corrected chi connectivity index (χ1v) is 8.89. The fraction of sp³-hybridized carbons (Fsp3) is 0.200. The zero-order valence-electron chi connectivity index (χ0n) is 15.3. The quantitative estimate of drug-likeness (QED) is 0.569. The van der Waals surface area contributed by atoms with E-state index in [2.05, 4.69) is 43.9 Å². The van der Waals surface area contributed by atoms with Crippen LogP contribution in [0.1, 0.15) is 12.5 Å². The molecule has 7 heteroatoms. The van der Waals surface area contributed by atoms with E-state index in [0.717, 1.165) is 46.9 Å². The van der Waals surface area contributed by atoms with Crippen LogP contribution in [0.25, 0.3) is 33.8 Å². The first-order chi connectivity index (χ1) is 13.2. The van der Waals surface area contributed by atoms with Gasteiger partial charge in [0.25, 0.3) is 0 Å². The standard InChI is InChI=1S/C20H21N7/c1-3-27-18(15-8-10-23-11-9-15)24-17-16(25-20(21)26-19(17)27)14-6-4-13(5-7-14)12-22-2/h4-11,22H,3,12H2,1-2H3,(H2,21,25,26). The monoisotopic (exact) mass is 359 g/mol. The highest BCUT2D eigenvalue weighted by molar-refractivity contribution is 5.90. The van der Waals surface area contributed by atoms with Crippen molar-refractivity contribution < 1.29 is 0 Å². The number of nitrogens with two attached hydrogens (primary N) is 1. The molecule has 4 aromatic rings. The number of nitrogens with one attached hydrogen (secondary N) is 1. The van der Waals surface area contributed by atoms with Crippen LogP contribution in [0.2, 0.25) is 0 Å². The smallest absolute Gasteiger partial charge is 0.222 e. The Balaban J connectivity index is 1.92. The van der Waals surface area contributed by atoms with Gasteiger partial charge >= 0.3 is 0 Å². The number of nitrogen functional groups attached to an aromatic ring is 1. The molecule has 4 rings (SSSR count). The van der Waals surface area contributed by atoms with Crippen LogP contribution < -0.4 is 11.1 Å². The van der Waals surface area contributed by atoms with Crippen LogP contribution in [0, 0.1) is 0 Å². The normalized spacial score (nSPS) is 11.2. The Morgan fingerprint density at radius 1 is 0.963 bits per heavy atom. The minimum absolute atomic E-state index is 0.243. The van der Waals surface area contributed by atoms with Crippen molar-refractivity contribution in [1.82, 2.24) is 29.8 Å². The van der Waals surface area contributed by atoms with Crippen LogP contribution in [0.4, 0.5) is 5.95 Å². The molecule has 27 heavy (non-hydrogen) atoms. The van der Waals surface area contributed by atoms with E-state index in [1.165, 1.54) is 5.56 Å². The molecular formula is C20H21N7. The lowest BCUT2D eigenvalue weighted by atomic mass is 10.1. The predicted molar refractivity (Wildman–Crippen MR) is 107 cm³/mol. The fourth-order valence-corrected chi connectivity index (χ4v) is 3.22. The molecule has 1 aromatic carbocycles. The van der Waals surface area contributed by atoms with Crippen molar-refractivity contribution in [3.8, 4) is 22.6 Å². The summed E-state index contributed by atoms with van der Waals surface area (Å²) in [6.45, 7) is 3.61.